The van der Waals surface area contributed by atoms with Crippen LogP contribution >= 0.6 is 31.9 Å². The first-order chi connectivity index (χ1) is 12.3. The Morgan fingerprint density at radius 3 is 2.07 bits per heavy atom. The second kappa shape index (κ2) is 9.56. The second-order valence-corrected chi connectivity index (χ2v) is 9.43. The van der Waals surface area contributed by atoms with Gasteiger partial charge in [-0.3, -0.25) is 4.98 Å². The highest BCUT2D eigenvalue weighted by Crippen LogP contribution is 2.22. The number of esters is 1. The molecule has 8 heteroatoms. The van der Waals surface area contributed by atoms with Gasteiger partial charge >= 0.3 is 12.1 Å². The largest absolute Gasteiger partial charge is 0.458 e. The summed E-state index contributed by atoms with van der Waals surface area (Å²) in [6.07, 6.45) is 2.61. The lowest BCUT2D eigenvalue weighted by Gasteiger charge is -2.25. The minimum absolute atomic E-state index is 0.0648. The maximum Gasteiger partial charge on any atom is 0.408 e. The van der Waals surface area contributed by atoms with Crippen molar-refractivity contribution in [3.63, 3.8) is 0 Å². The fourth-order valence-corrected chi connectivity index (χ4v) is 2.92. The zero-order valence-corrected chi connectivity index (χ0v) is 19.4. The van der Waals surface area contributed by atoms with Crippen molar-refractivity contribution in [2.24, 2.45) is 0 Å². The first-order valence-electron chi connectivity index (χ1n) is 8.29. The molecular formula is C19H24Br2N2O4. The van der Waals surface area contributed by atoms with E-state index in [1.807, 2.05) is 0 Å². The van der Waals surface area contributed by atoms with Crippen molar-refractivity contribution < 1.29 is 19.1 Å². The van der Waals surface area contributed by atoms with Gasteiger partial charge < -0.3 is 14.8 Å². The lowest BCUT2D eigenvalue weighted by Crippen LogP contribution is -2.45. The molecule has 1 aromatic heterocycles. The molecule has 0 saturated heterocycles. The summed E-state index contributed by atoms with van der Waals surface area (Å²) >= 11 is 6.76. The first kappa shape index (κ1) is 23.4. The number of aromatic nitrogens is 1. The SMILES string of the molecule is CC(C)(C)OC(=O)N[C@@H](CC#Cc1c(Br)cncc1Br)C(=O)OC(C)(C)C. The quantitative estimate of drug-likeness (QED) is 0.482. The molecule has 1 rings (SSSR count). The normalized spacial score (nSPS) is 12.4. The molecule has 0 aliphatic carbocycles. The van der Waals surface area contributed by atoms with E-state index in [0.717, 1.165) is 8.95 Å². The zero-order chi connectivity index (χ0) is 20.8. The Bertz CT molecular complexity index is 735. The van der Waals surface area contributed by atoms with Crippen LogP contribution in [0.15, 0.2) is 21.3 Å². The minimum atomic E-state index is -0.953. The lowest BCUT2D eigenvalue weighted by molar-refractivity contribution is -0.157. The van der Waals surface area contributed by atoms with E-state index in [1.165, 1.54) is 0 Å². The summed E-state index contributed by atoms with van der Waals surface area (Å²) in [5.74, 6) is 5.30. The Labute approximate surface area is 177 Å². The summed E-state index contributed by atoms with van der Waals surface area (Å²) in [5.41, 5.74) is -0.665. The third kappa shape index (κ3) is 9.25. The van der Waals surface area contributed by atoms with Gasteiger partial charge in [0.1, 0.15) is 17.2 Å². The molecule has 0 saturated carbocycles. The summed E-state index contributed by atoms with van der Waals surface area (Å²) in [6, 6.07) is -0.953. The number of alkyl carbamates (subject to hydrolysis) is 1. The molecule has 0 fully saturated rings. The average molecular weight is 504 g/mol. The van der Waals surface area contributed by atoms with Crippen LogP contribution < -0.4 is 5.32 Å². The molecule has 1 amide bonds. The van der Waals surface area contributed by atoms with E-state index in [4.69, 9.17) is 9.47 Å². The highest BCUT2D eigenvalue weighted by atomic mass is 79.9. The van der Waals surface area contributed by atoms with Crippen molar-refractivity contribution in [3.05, 3.63) is 26.9 Å². The van der Waals surface area contributed by atoms with Gasteiger partial charge in [-0.2, -0.15) is 0 Å². The minimum Gasteiger partial charge on any atom is -0.458 e. The van der Waals surface area contributed by atoms with Gasteiger partial charge in [-0.15, -0.1) is 0 Å². The molecule has 0 radical (unpaired) electrons. The maximum atomic E-state index is 12.4. The number of hydrogen-bond acceptors (Lipinski definition) is 5. The van der Waals surface area contributed by atoms with Crippen molar-refractivity contribution in [1.29, 1.82) is 0 Å². The Balaban J connectivity index is 2.97. The molecule has 148 valence electrons. The van der Waals surface area contributed by atoms with Crippen molar-refractivity contribution in [2.75, 3.05) is 0 Å². The molecule has 27 heavy (non-hydrogen) atoms. The monoisotopic (exact) mass is 502 g/mol. The van der Waals surface area contributed by atoms with Crippen LogP contribution in [0.4, 0.5) is 4.79 Å². The number of ether oxygens (including phenoxy) is 2. The summed E-state index contributed by atoms with van der Waals surface area (Å²) in [7, 11) is 0. The van der Waals surface area contributed by atoms with Crippen LogP contribution in [0.1, 0.15) is 53.5 Å². The number of pyridine rings is 1. The number of nitrogens with one attached hydrogen (secondary N) is 1. The van der Waals surface area contributed by atoms with Crippen LogP contribution in [0.25, 0.3) is 0 Å². The summed E-state index contributed by atoms with van der Waals surface area (Å²) < 4.78 is 12.0. The van der Waals surface area contributed by atoms with E-state index in [-0.39, 0.29) is 6.42 Å². The van der Waals surface area contributed by atoms with E-state index in [9.17, 15) is 9.59 Å². The number of hydrogen-bond donors (Lipinski definition) is 1. The van der Waals surface area contributed by atoms with Gasteiger partial charge in [-0.25, -0.2) is 9.59 Å². The van der Waals surface area contributed by atoms with E-state index in [1.54, 1.807) is 53.9 Å². The molecule has 0 aliphatic heterocycles. The van der Waals surface area contributed by atoms with Gasteiger partial charge in [-0.1, -0.05) is 11.8 Å². The third-order valence-corrected chi connectivity index (χ3v) is 3.96. The molecule has 0 aromatic carbocycles. The van der Waals surface area contributed by atoms with Crippen LogP contribution in [0.5, 0.6) is 0 Å². The Hall–Kier alpha value is -1.59. The summed E-state index contributed by atoms with van der Waals surface area (Å²) in [6.45, 7) is 10.5. The predicted molar refractivity (Wildman–Crippen MR) is 110 cm³/mol. The fraction of sp³-hybridized carbons (Fsp3) is 0.526. The van der Waals surface area contributed by atoms with E-state index in [0.29, 0.717) is 5.56 Å². The Morgan fingerprint density at radius 2 is 1.59 bits per heavy atom. The van der Waals surface area contributed by atoms with Gasteiger partial charge in [0, 0.05) is 18.8 Å². The van der Waals surface area contributed by atoms with E-state index >= 15 is 0 Å². The number of carbonyl (C=O) groups excluding carboxylic acids is 2. The molecule has 1 atom stereocenters. The van der Waals surface area contributed by atoms with E-state index in [2.05, 4.69) is 54.0 Å². The zero-order valence-electron chi connectivity index (χ0n) is 16.3. The van der Waals surface area contributed by atoms with Gasteiger partial charge in [0.25, 0.3) is 0 Å². The molecule has 1 N–H and O–H groups in total. The molecule has 1 aromatic rings. The highest BCUT2D eigenvalue weighted by molar-refractivity contribution is 9.11. The maximum absolute atomic E-state index is 12.4. The average Bonchev–Trinajstić information content (AvgIpc) is 2.45. The molecule has 0 unspecified atom stereocenters. The van der Waals surface area contributed by atoms with Gasteiger partial charge in [0.05, 0.1) is 14.5 Å². The van der Waals surface area contributed by atoms with Crippen molar-refractivity contribution in [3.8, 4) is 11.8 Å². The molecule has 6 nitrogen and oxygen atoms in total. The van der Waals surface area contributed by atoms with Crippen molar-refractivity contribution >= 4 is 43.9 Å². The van der Waals surface area contributed by atoms with Crippen LogP contribution in [-0.4, -0.2) is 34.3 Å². The van der Waals surface area contributed by atoms with Crippen LogP contribution in [0.3, 0.4) is 0 Å². The number of rotatable bonds is 3. The lowest BCUT2D eigenvalue weighted by atomic mass is 10.1. The molecule has 0 spiro atoms. The topological polar surface area (TPSA) is 77.5 Å². The molecule has 0 bridgehead atoms. The number of amides is 1. The first-order valence-corrected chi connectivity index (χ1v) is 9.87. The number of nitrogens with zero attached hydrogens (tertiary/aromatic N) is 1. The van der Waals surface area contributed by atoms with Crippen molar-refractivity contribution in [1.82, 2.24) is 10.3 Å². The van der Waals surface area contributed by atoms with Crippen molar-refractivity contribution in [2.45, 2.75) is 65.2 Å². The smallest absolute Gasteiger partial charge is 0.408 e. The molecule has 0 aliphatic rings. The third-order valence-electron chi connectivity index (χ3n) is 2.76. The molecule has 1 heterocycles. The van der Waals surface area contributed by atoms with Crippen LogP contribution in [0, 0.1) is 11.8 Å². The fourth-order valence-electron chi connectivity index (χ4n) is 1.79. The van der Waals surface area contributed by atoms with E-state index < -0.39 is 29.3 Å². The van der Waals surface area contributed by atoms with Gasteiger partial charge in [0.2, 0.25) is 0 Å². The number of halogens is 2. The van der Waals surface area contributed by atoms with Crippen LogP contribution in [0.2, 0.25) is 0 Å². The number of carbonyl (C=O) groups is 2. The van der Waals surface area contributed by atoms with Crippen LogP contribution in [-0.2, 0) is 14.3 Å². The molecular weight excluding hydrogens is 480 g/mol. The summed E-state index contributed by atoms with van der Waals surface area (Å²) in [5, 5.41) is 2.54. The second-order valence-electron chi connectivity index (χ2n) is 7.72. The summed E-state index contributed by atoms with van der Waals surface area (Å²) in [4.78, 5) is 28.5. The van der Waals surface area contributed by atoms with Gasteiger partial charge in [0.15, 0.2) is 0 Å². The Kier molecular flexibility index (Phi) is 8.30. The Morgan fingerprint density at radius 1 is 1.07 bits per heavy atom. The highest BCUT2D eigenvalue weighted by Gasteiger charge is 2.28. The van der Waals surface area contributed by atoms with Gasteiger partial charge in [-0.05, 0) is 73.4 Å². The standard InChI is InChI=1S/C19H24Br2N2O4/c1-18(2,3)26-16(24)15(23-17(25)27-19(4,5)6)9-7-8-12-13(20)10-22-11-14(12)21/h10-11,15H,9H2,1-6H3,(H,23,25)/t15-/m0/s1. The predicted octanol–water partition coefficient (Wildman–Crippen LogP) is 4.58.